The van der Waals surface area contributed by atoms with E-state index < -0.39 is 37.6 Å². The van der Waals surface area contributed by atoms with Crippen molar-refractivity contribution >= 4 is 25.8 Å². The van der Waals surface area contributed by atoms with Crippen LogP contribution in [-0.2, 0) is 30.4 Å². The van der Waals surface area contributed by atoms with Crippen LogP contribution in [0.15, 0.2) is 29.2 Å². The van der Waals surface area contributed by atoms with E-state index >= 15 is 0 Å². The van der Waals surface area contributed by atoms with Crippen molar-refractivity contribution in [2.45, 2.75) is 30.0 Å². The smallest absolute Gasteiger partial charge is 0.321 e. The lowest BCUT2D eigenvalue weighted by Crippen LogP contribution is -2.40. The van der Waals surface area contributed by atoms with Crippen molar-refractivity contribution in [1.82, 2.24) is 4.72 Å². The SMILES string of the molecule is CC[C@@H](NS(=O)(=O)Cc1cccc(S(C)(=O)=O)c1)C(=O)O. The van der Waals surface area contributed by atoms with Gasteiger partial charge in [0.05, 0.1) is 10.6 Å². The number of sulfonamides is 1. The molecule has 0 bridgehead atoms. The Morgan fingerprint density at radius 3 is 2.38 bits per heavy atom. The van der Waals surface area contributed by atoms with Gasteiger partial charge in [-0.3, -0.25) is 4.79 Å². The fourth-order valence-corrected chi connectivity index (χ4v) is 3.75. The maximum Gasteiger partial charge on any atom is 0.321 e. The Hall–Kier alpha value is -1.45. The van der Waals surface area contributed by atoms with Gasteiger partial charge in [0, 0.05) is 6.26 Å². The fraction of sp³-hybridized carbons (Fsp3) is 0.417. The number of carbonyl (C=O) groups is 1. The third kappa shape index (κ3) is 5.44. The molecule has 0 aliphatic carbocycles. The first-order chi connectivity index (χ1) is 9.55. The molecule has 1 aromatic carbocycles. The molecule has 0 aliphatic heterocycles. The summed E-state index contributed by atoms with van der Waals surface area (Å²) >= 11 is 0. The van der Waals surface area contributed by atoms with Gasteiger partial charge in [-0.2, -0.15) is 0 Å². The summed E-state index contributed by atoms with van der Waals surface area (Å²) in [5.74, 6) is -1.74. The van der Waals surface area contributed by atoms with Gasteiger partial charge in [-0.25, -0.2) is 21.6 Å². The van der Waals surface area contributed by atoms with Crippen LogP contribution in [0.2, 0.25) is 0 Å². The average Bonchev–Trinajstić information content (AvgIpc) is 2.34. The third-order valence-corrected chi connectivity index (χ3v) is 5.18. The molecule has 7 nitrogen and oxygen atoms in total. The van der Waals surface area contributed by atoms with Crippen LogP contribution in [0.4, 0.5) is 0 Å². The van der Waals surface area contributed by atoms with Crippen molar-refractivity contribution < 1.29 is 26.7 Å². The molecule has 118 valence electrons. The first kappa shape index (κ1) is 17.6. The van der Waals surface area contributed by atoms with Gasteiger partial charge in [0.25, 0.3) is 0 Å². The second-order valence-electron chi connectivity index (χ2n) is 4.60. The summed E-state index contributed by atoms with van der Waals surface area (Å²) in [6, 6.07) is 4.33. The Kier molecular flexibility index (Phi) is 5.48. The van der Waals surface area contributed by atoms with Crippen LogP contribution in [0.3, 0.4) is 0 Å². The van der Waals surface area contributed by atoms with Crippen LogP contribution in [0, 0.1) is 0 Å². The van der Waals surface area contributed by atoms with Crippen molar-refractivity contribution in [3.63, 3.8) is 0 Å². The molecular weight excluding hydrogens is 318 g/mol. The fourth-order valence-electron chi connectivity index (χ4n) is 1.65. The highest BCUT2D eigenvalue weighted by atomic mass is 32.2. The molecule has 0 amide bonds. The Balaban J connectivity index is 2.97. The number of aliphatic carboxylic acids is 1. The molecule has 0 heterocycles. The summed E-state index contributed by atoms with van der Waals surface area (Å²) in [7, 11) is -7.31. The van der Waals surface area contributed by atoms with E-state index in [1.165, 1.54) is 24.3 Å². The summed E-state index contributed by atoms with van der Waals surface area (Å²) in [6.45, 7) is 1.55. The Labute approximate surface area is 124 Å². The highest BCUT2D eigenvalue weighted by molar-refractivity contribution is 7.90. The number of nitrogens with one attached hydrogen (secondary N) is 1. The van der Waals surface area contributed by atoms with Gasteiger partial charge in [-0.1, -0.05) is 19.1 Å². The summed E-state index contributed by atoms with van der Waals surface area (Å²) in [4.78, 5) is 10.9. The lowest BCUT2D eigenvalue weighted by atomic mass is 10.2. The molecular formula is C12H17NO6S2. The number of sulfone groups is 1. The second-order valence-corrected chi connectivity index (χ2v) is 8.37. The summed E-state index contributed by atoms with van der Waals surface area (Å²) in [6.07, 6.45) is 1.13. The minimum atomic E-state index is -3.88. The predicted molar refractivity (Wildman–Crippen MR) is 77.0 cm³/mol. The first-order valence-electron chi connectivity index (χ1n) is 6.07. The van der Waals surface area contributed by atoms with Crippen LogP contribution in [0.25, 0.3) is 0 Å². The maximum absolute atomic E-state index is 11.9. The number of carboxylic acids is 1. The Morgan fingerprint density at radius 2 is 1.90 bits per heavy atom. The van der Waals surface area contributed by atoms with Crippen LogP contribution in [-0.4, -0.2) is 40.2 Å². The average molecular weight is 335 g/mol. The van der Waals surface area contributed by atoms with Gasteiger partial charge in [0.1, 0.15) is 6.04 Å². The van der Waals surface area contributed by atoms with Crippen molar-refractivity contribution in [3.05, 3.63) is 29.8 Å². The van der Waals surface area contributed by atoms with Crippen LogP contribution in [0.1, 0.15) is 18.9 Å². The van der Waals surface area contributed by atoms with Gasteiger partial charge >= 0.3 is 5.97 Å². The molecule has 1 rings (SSSR count). The third-order valence-electron chi connectivity index (χ3n) is 2.71. The van der Waals surface area contributed by atoms with Crippen LogP contribution < -0.4 is 4.72 Å². The number of benzene rings is 1. The van der Waals surface area contributed by atoms with E-state index in [1.807, 2.05) is 0 Å². The van der Waals surface area contributed by atoms with Gasteiger partial charge in [0.2, 0.25) is 10.0 Å². The summed E-state index contributed by atoms with van der Waals surface area (Å²) in [5.41, 5.74) is 0.269. The Morgan fingerprint density at radius 1 is 1.29 bits per heavy atom. The molecule has 0 aliphatic rings. The molecule has 9 heteroatoms. The van der Waals surface area contributed by atoms with Crippen molar-refractivity contribution in [2.75, 3.05) is 6.26 Å². The lowest BCUT2D eigenvalue weighted by molar-refractivity contribution is -0.139. The standard InChI is InChI=1S/C12H17NO6S2/c1-3-11(12(14)15)13-21(18,19)8-9-5-4-6-10(7-9)20(2,16)17/h4-7,11,13H,3,8H2,1-2H3,(H,14,15)/t11-/m1/s1. The van der Waals surface area contributed by atoms with E-state index in [-0.39, 0.29) is 16.9 Å². The second kappa shape index (κ2) is 6.54. The number of hydrogen-bond donors (Lipinski definition) is 2. The van der Waals surface area contributed by atoms with E-state index in [0.717, 1.165) is 6.26 Å². The Bertz CT molecular complexity index is 724. The summed E-state index contributed by atoms with van der Waals surface area (Å²) in [5, 5.41) is 8.85. The molecule has 1 atom stereocenters. The van der Waals surface area contributed by atoms with Crippen LogP contribution in [0.5, 0.6) is 0 Å². The van der Waals surface area contributed by atoms with E-state index in [9.17, 15) is 21.6 Å². The molecule has 0 spiro atoms. The molecule has 0 fully saturated rings. The zero-order valence-electron chi connectivity index (χ0n) is 11.6. The van der Waals surface area contributed by atoms with E-state index in [1.54, 1.807) is 6.92 Å². The minimum absolute atomic E-state index is 0.0143. The molecule has 0 radical (unpaired) electrons. The molecule has 1 aromatic rings. The highest BCUT2D eigenvalue weighted by Gasteiger charge is 2.22. The maximum atomic E-state index is 11.9. The minimum Gasteiger partial charge on any atom is -0.480 e. The quantitative estimate of drug-likeness (QED) is 0.743. The molecule has 2 N–H and O–H groups in total. The van der Waals surface area contributed by atoms with Gasteiger partial charge < -0.3 is 5.11 Å². The van der Waals surface area contributed by atoms with E-state index in [0.29, 0.717) is 0 Å². The lowest BCUT2D eigenvalue weighted by Gasteiger charge is -2.13. The zero-order valence-corrected chi connectivity index (χ0v) is 13.2. The molecule has 21 heavy (non-hydrogen) atoms. The van der Waals surface area contributed by atoms with Crippen LogP contribution >= 0.6 is 0 Å². The number of hydrogen-bond acceptors (Lipinski definition) is 5. The number of carboxylic acid groups (broad SMARTS) is 1. The van der Waals surface area contributed by atoms with Gasteiger partial charge in [-0.05, 0) is 24.1 Å². The van der Waals surface area contributed by atoms with Crippen molar-refractivity contribution in [3.8, 4) is 0 Å². The normalized spacial score (nSPS) is 13.8. The van der Waals surface area contributed by atoms with Crippen molar-refractivity contribution in [1.29, 1.82) is 0 Å². The molecule has 0 saturated carbocycles. The molecule has 0 saturated heterocycles. The van der Waals surface area contributed by atoms with E-state index in [4.69, 9.17) is 5.11 Å². The topological polar surface area (TPSA) is 118 Å². The van der Waals surface area contributed by atoms with Gasteiger partial charge in [-0.15, -0.1) is 0 Å². The van der Waals surface area contributed by atoms with Gasteiger partial charge in [0.15, 0.2) is 9.84 Å². The molecule has 0 aromatic heterocycles. The van der Waals surface area contributed by atoms with E-state index in [2.05, 4.69) is 4.72 Å². The van der Waals surface area contributed by atoms with Crippen molar-refractivity contribution in [2.24, 2.45) is 0 Å². The first-order valence-corrected chi connectivity index (χ1v) is 9.61. The summed E-state index contributed by atoms with van der Waals surface area (Å²) < 4.78 is 48.7. The highest BCUT2D eigenvalue weighted by Crippen LogP contribution is 2.13. The largest absolute Gasteiger partial charge is 0.480 e. The number of rotatable bonds is 7. The zero-order chi connectivity index (χ0) is 16.3. The monoisotopic (exact) mass is 335 g/mol. The molecule has 0 unspecified atom stereocenters. The predicted octanol–water partition coefficient (Wildman–Crippen LogP) is 0.373.